The largest absolute Gasteiger partial charge is 0.377 e. The van der Waals surface area contributed by atoms with E-state index in [-0.39, 0.29) is 5.82 Å². The van der Waals surface area contributed by atoms with E-state index >= 15 is 0 Å². The highest BCUT2D eigenvalue weighted by atomic mass is 79.9. The molecule has 0 aliphatic carbocycles. The van der Waals surface area contributed by atoms with E-state index in [4.69, 9.17) is 0 Å². The van der Waals surface area contributed by atoms with Gasteiger partial charge in [0.1, 0.15) is 5.82 Å². The highest BCUT2D eigenvalue weighted by Crippen LogP contribution is 2.17. The Balaban J connectivity index is 2.08. The molecule has 1 heterocycles. The highest BCUT2D eigenvalue weighted by Gasteiger charge is 2.03. The van der Waals surface area contributed by atoms with Crippen molar-refractivity contribution in [3.63, 3.8) is 0 Å². The van der Waals surface area contributed by atoms with Gasteiger partial charge < -0.3 is 9.88 Å². The first-order valence-corrected chi connectivity index (χ1v) is 5.76. The van der Waals surface area contributed by atoms with Crippen LogP contribution < -0.4 is 5.32 Å². The van der Waals surface area contributed by atoms with Crippen molar-refractivity contribution in [2.24, 2.45) is 7.05 Å². The molecule has 2 nitrogen and oxygen atoms in total. The molecule has 1 N–H and O–H groups in total. The van der Waals surface area contributed by atoms with Crippen LogP contribution in [0.5, 0.6) is 0 Å². The Morgan fingerprint density at radius 2 is 2.00 bits per heavy atom. The maximum absolute atomic E-state index is 13.3. The maximum atomic E-state index is 13.3. The second kappa shape index (κ2) is 4.70. The molecular formula is C12H12BrFN2. The number of para-hydroxylation sites is 1. The number of anilines is 1. The van der Waals surface area contributed by atoms with Crippen molar-refractivity contribution in [1.82, 2.24) is 4.57 Å². The molecule has 0 fully saturated rings. The molecule has 0 aliphatic heterocycles. The summed E-state index contributed by atoms with van der Waals surface area (Å²) in [5.74, 6) is -0.226. The molecule has 0 unspecified atom stereocenters. The van der Waals surface area contributed by atoms with Crippen LogP contribution in [0.3, 0.4) is 0 Å². The minimum absolute atomic E-state index is 0.226. The van der Waals surface area contributed by atoms with E-state index in [1.165, 1.54) is 6.07 Å². The van der Waals surface area contributed by atoms with Crippen molar-refractivity contribution in [1.29, 1.82) is 0 Å². The maximum Gasteiger partial charge on any atom is 0.146 e. The molecule has 2 rings (SSSR count). The SMILES string of the molecule is Cn1c(Br)ccc1CNc1ccccc1F. The van der Waals surface area contributed by atoms with Crippen LogP contribution in [0.25, 0.3) is 0 Å². The Kier molecular flexibility index (Phi) is 3.29. The van der Waals surface area contributed by atoms with Crippen molar-refractivity contribution in [2.75, 3.05) is 5.32 Å². The van der Waals surface area contributed by atoms with Crippen molar-refractivity contribution in [2.45, 2.75) is 6.54 Å². The molecule has 16 heavy (non-hydrogen) atoms. The normalized spacial score (nSPS) is 10.4. The summed E-state index contributed by atoms with van der Waals surface area (Å²) in [4.78, 5) is 0. The van der Waals surface area contributed by atoms with Crippen LogP contribution in [0.15, 0.2) is 41.0 Å². The van der Waals surface area contributed by atoms with Crippen molar-refractivity contribution < 1.29 is 4.39 Å². The lowest BCUT2D eigenvalue weighted by molar-refractivity contribution is 0.629. The molecule has 1 aromatic carbocycles. The van der Waals surface area contributed by atoms with Gasteiger partial charge in [0.25, 0.3) is 0 Å². The summed E-state index contributed by atoms with van der Waals surface area (Å²) in [7, 11) is 1.96. The van der Waals surface area contributed by atoms with Gasteiger partial charge >= 0.3 is 0 Å². The summed E-state index contributed by atoms with van der Waals surface area (Å²) in [6.45, 7) is 0.600. The lowest BCUT2D eigenvalue weighted by atomic mass is 10.3. The monoisotopic (exact) mass is 282 g/mol. The van der Waals surface area contributed by atoms with Crippen LogP contribution in [-0.4, -0.2) is 4.57 Å². The fourth-order valence-electron chi connectivity index (χ4n) is 1.49. The molecule has 4 heteroatoms. The average molecular weight is 283 g/mol. The Bertz CT molecular complexity index is 494. The minimum Gasteiger partial charge on any atom is -0.377 e. The van der Waals surface area contributed by atoms with Gasteiger partial charge in [0.05, 0.1) is 16.8 Å². The summed E-state index contributed by atoms with van der Waals surface area (Å²) >= 11 is 3.42. The van der Waals surface area contributed by atoms with E-state index in [0.29, 0.717) is 12.2 Å². The van der Waals surface area contributed by atoms with Crippen molar-refractivity contribution >= 4 is 21.6 Å². The molecule has 0 atom stereocenters. The zero-order valence-electron chi connectivity index (χ0n) is 8.87. The second-order valence-corrected chi connectivity index (χ2v) is 4.35. The molecular weight excluding hydrogens is 271 g/mol. The van der Waals surface area contributed by atoms with Gasteiger partial charge in [0.2, 0.25) is 0 Å². The van der Waals surface area contributed by atoms with Gasteiger partial charge in [-0.2, -0.15) is 0 Å². The lowest BCUT2D eigenvalue weighted by Crippen LogP contribution is -2.05. The van der Waals surface area contributed by atoms with Gasteiger partial charge in [-0.3, -0.25) is 0 Å². The fraction of sp³-hybridized carbons (Fsp3) is 0.167. The van der Waals surface area contributed by atoms with Gasteiger partial charge in [-0.25, -0.2) is 4.39 Å². The Morgan fingerprint density at radius 3 is 2.62 bits per heavy atom. The predicted molar refractivity (Wildman–Crippen MR) is 66.8 cm³/mol. The summed E-state index contributed by atoms with van der Waals surface area (Å²) in [6.07, 6.45) is 0. The number of rotatable bonds is 3. The highest BCUT2D eigenvalue weighted by molar-refractivity contribution is 9.10. The number of aromatic nitrogens is 1. The first-order valence-electron chi connectivity index (χ1n) is 4.97. The van der Waals surface area contributed by atoms with Crippen LogP contribution in [0, 0.1) is 5.82 Å². The Morgan fingerprint density at radius 1 is 1.25 bits per heavy atom. The predicted octanol–water partition coefficient (Wildman–Crippen LogP) is 3.54. The fourth-order valence-corrected chi connectivity index (χ4v) is 1.85. The summed E-state index contributed by atoms with van der Waals surface area (Å²) in [5, 5.41) is 3.07. The average Bonchev–Trinajstić information content (AvgIpc) is 2.59. The topological polar surface area (TPSA) is 17.0 Å². The van der Waals surface area contributed by atoms with Gasteiger partial charge in [-0.05, 0) is 40.2 Å². The van der Waals surface area contributed by atoms with E-state index in [1.54, 1.807) is 12.1 Å². The van der Waals surface area contributed by atoms with E-state index in [0.717, 1.165) is 10.3 Å². The number of benzene rings is 1. The van der Waals surface area contributed by atoms with Crippen LogP contribution in [-0.2, 0) is 13.6 Å². The number of halogens is 2. The minimum atomic E-state index is -0.226. The summed E-state index contributed by atoms with van der Waals surface area (Å²) in [5.41, 5.74) is 1.62. The van der Waals surface area contributed by atoms with Crippen LogP contribution in [0.4, 0.5) is 10.1 Å². The molecule has 84 valence electrons. The Labute approximate surface area is 102 Å². The third-order valence-electron chi connectivity index (χ3n) is 2.50. The zero-order valence-corrected chi connectivity index (χ0v) is 10.5. The quantitative estimate of drug-likeness (QED) is 0.911. The van der Waals surface area contributed by atoms with E-state index < -0.39 is 0 Å². The van der Waals surface area contributed by atoms with Crippen molar-refractivity contribution in [3.05, 3.63) is 52.5 Å². The van der Waals surface area contributed by atoms with Crippen LogP contribution >= 0.6 is 15.9 Å². The van der Waals surface area contributed by atoms with Crippen molar-refractivity contribution in [3.8, 4) is 0 Å². The Hall–Kier alpha value is -1.29. The van der Waals surface area contributed by atoms with Crippen LogP contribution in [0.1, 0.15) is 5.69 Å². The summed E-state index contributed by atoms with van der Waals surface area (Å²) in [6, 6.07) is 10.6. The molecule has 0 radical (unpaired) electrons. The lowest BCUT2D eigenvalue weighted by Gasteiger charge is -2.08. The number of hydrogen-bond donors (Lipinski definition) is 1. The van der Waals surface area contributed by atoms with Gasteiger partial charge in [-0.15, -0.1) is 0 Å². The van der Waals surface area contributed by atoms with Gasteiger partial charge in [0.15, 0.2) is 0 Å². The summed E-state index contributed by atoms with van der Waals surface area (Å²) < 4.78 is 16.3. The van der Waals surface area contributed by atoms with E-state index in [2.05, 4.69) is 21.2 Å². The van der Waals surface area contributed by atoms with E-state index in [1.807, 2.05) is 29.8 Å². The molecule has 0 aliphatic rings. The third kappa shape index (κ3) is 2.27. The molecule has 0 spiro atoms. The molecule has 1 aromatic heterocycles. The smallest absolute Gasteiger partial charge is 0.146 e. The zero-order chi connectivity index (χ0) is 11.5. The third-order valence-corrected chi connectivity index (χ3v) is 3.29. The molecule has 0 saturated carbocycles. The standard InChI is InChI=1S/C12H12BrFN2/c1-16-9(6-7-12(16)13)8-15-11-5-3-2-4-10(11)14/h2-7,15H,8H2,1H3. The molecule has 2 aromatic rings. The van der Waals surface area contributed by atoms with Crippen LogP contribution in [0.2, 0.25) is 0 Å². The number of hydrogen-bond acceptors (Lipinski definition) is 1. The molecule has 0 bridgehead atoms. The van der Waals surface area contributed by atoms with E-state index in [9.17, 15) is 4.39 Å². The number of nitrogens with one attached hydrogen (secondary N) is 1. The number of nitrogens with zero attached hydrogens (tertiary/aromatic N) is 1. The molecule has 0 amide bonds. The molecule has 0 saturated heterocycles. The first-order chi connectivity index (χ1) is 7.68. The van der Waals surface area contributed by atoms with Gasteiger partial charge in [0, 0.05) is 12.7 Å². The first kappa shape index (κ1) is 11.2. The van der Waals surface area contributed by atoms with Gasteiger partial charge in [-0.1, -0.05) is 12.1 Å². The second-order valence-electron chi connectivity index (χ2n) is 3.54.